The first-order valence-electron chi connectivity index (χ1n) is 9.47. The minimum absolute atomic E-state index is 0.254. The van der Waals surface area contributed by atoms with Crippen LogP contribution >= 0.6 is 0 Å². The summed E-state index contributed by atoms with van der Waals surface area (Å²) in [4.78, 5) is 10.5. The van der Waals surface area contributed by atoms with Crippen LogP contribution in [0.2, 0.25) is 0 Å². The van der Waals surface area contributed by atoms with Crippen molar-refractivity contribution in [2.45, 2.75) is 70.5 Å². The Morgan fingerprint density at radius 3 is 2.62 bits per heavy atom. The highest BCUT2D eigenvalue weighted by atomic mass is 16.5. The van der Waals surface area contributed by atoms with Crippen molar-refractivity contribution in [1.29, 1.82) is 0 Å². The molecule has 2 fully saturated rings. The number of aliphatic carboxylic acids is 1. The van der Waals surface area contributed by atoms with E-state index in [0.717, 1.165) is 32.3 Å². The van der Waals surface area contributed by atoms with E-state index in [0.29, 0.717) is 30.7 Å². The summed E-state index contributed by atoms with van der Waals surface area (Å²) in [6.45, 7) is 3.67. The van der Waals surface area contributed by atoms with Crippen LogP contribution in [0.15, 0.2) is 24.3 Å². The maximum absolute atomic E-state index is 10.5. The molecule has 2 heterocycles. The number of unbranched alkanes of at least 4 members (excludes halogenated alkanes) is 2. The van der Waals surface area contributed by atoms with Crippen LogP contribution in [0.4, 0.5) is 0 Å². The smallest absolute Gasteiger partial charge is 0.303 e. The van der Waals surface area contributed by atoms with Gasteiger partial charge in [0.1, 0.15) is 0 Å². The molecule has 136 valence electrons. The fourth-order valence-corrected chi connectivity index (χ4v) is 3.80. The van der Waals surface area contributed by atoms with Gasteiger partial charge in [-0.25, -0.2) is 0 Å². The van der Waals surface area contributed by atoms with Gasteiger partial charge in [-0.3, -0.25) is 4.79 Å². The third-order valence-electron chi connectivity index (χ3n) is 5.07. The molecule has 4 heteroatoms. The molecule has 0 unspecified atom stereocenters. The molecule has 4 nitrogen and oxygen atoms in total. The first-order valence-corrected chi connectivity index (χ1v) is 9.47. The summed E-state index contributed by atoms with van der Waals surface area (Å²) in [6.07, 6.45) is 16.9. The van der Waals surface area contributed by atoms with Crippen molar-refractivity contribution in [3.8, 4) is 0 Å². The van der Waals surface area contributed by atoms with Gasteiger partial charge in [-0.05, 0) is 44.4 Å². The summed E-state index contributed by atoms with van der Waals surface area (Å²) in [5, 5.41) is 8.64. The van der Waals surface area contributed by atoms with Crippen LogP contribution in [-0.4, -0.2) is 36.5 Å². The molecule has 0 saturated carbocycles. The SMILES string of the molecule is CCC/C=C/COC[C@@H]1[C@@H](C/C=C\CCCC(=O)O)[C@H]2CC[C@@H]1O2. The van der Waals surface area contributed by atoms with E-state index in [4.69, 9.17) is 14.6 Å². The van der Waals surface area contributed by atoms with E-state index < -0.39 is 5.97 Å². The number of hydrogen-bond acceptors (Lipinski definition) is 3. The minimum Gasteiger partial charge on any atom is -0.481 e. The van der Waals surface area contributed by atoms with Crippen LogP contribution in [0, 0.1) is 11.8 Å². The fraction of sp³-hybridized carbons (Fsp3) is 0.750. The number of ether oxygens (including phenoxy) is 2. The number of rotatable bonds is 12. The lowest BCUT2D eigenvalue weighted by Gasteiger charge is -2.26. The van der Waals surface area contributed by atoms with Gasteiger partial charge in [0, 0.05) is 12.3 Å². The van der Waals surface area contributed by atoms with Gasteiger partial charge in [0.05, 0.1) is 25.4 Å². The van der Waals surface area contributed by atoms with Gasteiger partial charge in [0.2, 0.25) is 0 Å². The van der Waals surface area contributed by atoms with Crippen molar-refractivity contribution < 1.29 is 19.4 Å². The number of allylic oxidation sites excluding steroid dienone is 3. The first-order chi connectivity index (χ1) is 11.7. The Labute approximate surface area is 145 Å². The highest BCUT2D eigenvalue weighted by Crippen LogP contribution is 2.45. The second-order valence-electron chi connectivity index (χ2n) is 6.91. The summed E-state index contributed by atoms with van der Waals surface area (Å²) in [6, 6.07) is 0. The molecule has 2 rings (SSSR count). The van der Waals surface area contributed by atoms with Crippen LogP contribution in [0.25, 0.3) is 0 Å². The second-order valence-corrected chi connectivity index (χ2v) is 6.91. The van der Waals surface area contributed by atoms with Gasteiger partial charge in [-0.1, -0.05) is 37.6 Å². The zero-order valence-electron chi connectivity index (χ0n) is 14.9. The summed E-state index contributed by atoms with van der Waals surface area (Å²) in [7, 11) is 0. The van der Waals surface area contributed by atoms with Gasteiger partial charge in [-0.15, -0.1) is 0 Å². The molecule has 24 heavy (non-hydrogen) atoms. The maximum Gasteiger partial charge on any atom is 0.303 e. The van der Waals surface area contributed by atoms with Crippen LogP contribution in [0.1, 0.15) is 58.3 Å². The van der Waals surface area contributed by atoms with Crippen LogP contribution < -0.4 is 0 Å². The molecular formula is C20H32O4. The van der Waals surface area contributed by atoms with E-state index in [1.807, 2.05) is 0 Å². The molecule has 0 aromatic rings. The topological polar surface area (TPSA) is 55.8 Å². The molecule has 2 saturated heterocycles. The first kappa shape index (κ1) is 19.2. The molecule has 2 aliphatic rings. The number of carboxylic acids is 1. The van der Waals surface area contributed by atoms with E-state index >= 15 is 0 Å². The average Bonchev–Trinajstić information content (AvgIpc) is 3.15. The molecule has 2 aliphatic heterocycles. The van der Waals surface area contributed by atoms with Crippen molar-refractivity contribution in [3.05, 3.63) is 24.3 Å². The summed E-state index contributed by atoms with van der Waals surface area (Å²) in [5.74, 6) is 0.348. The molecular weight excluding hydrogens is 304 g/mol. The lowest BCUT2D eigenvalue weighted by atomic mass is 9.78. The van der Waals surface area contributed by atoms with Crippen LogP contribution in [-0.2, 0) is 14.3 Å². The standard InChI is InChI=1S/C20H32O4/c1-2-3-4-9-14-23-15-17-16(18-12-13-19(17)24-18)10-7-5-6-8-11-20(21)22/h4-5,7,9,16-19H,2-3,6,8,10-15H2,1H3,(H,21,22)/b7-5-,9-4+/t16-,17-,18-,19+/m1/s1. The fourth-order valence-electron chi connectivity index (χ4n) is 3.80. The molecule has 0 aromatic heterocycles. The zero-order chi connectivity index (χ0) is 17.2. The number of fused-ring (bicyclic) bond motifs is 2. The quantitative estimate of drug-likeness (QED) is 0.425. The largest absolute Gasteiger partial charge is 0.481 e. The Hall–Kier alpha value is -1.13. The van der Waals surface area contributed by atoms with Gasteiger partial charge in [0.25, 0.3) is 0 Å². The Morgan fingerprint density at radius 1 is 1.12 bits per heavy atom. The van der Waals surface area contributed by atoms with E-state index in [1.165, 1.54) is 19.3 Å². The summed E-state index contributed by atoms with van der Waals surface area (Å²) in [5.41, 5.74) is 0. The lowest BCUT2D eigenvalue weighted by Crippen LogP contribution is -2.30. The number of carboxylic acid groups (broad SMARTS) is 1. The van der Waals surface area contributed by atoms with Crippen LogP contribution in [0.3, 0.4) is 0 Å². The Morgan fingerprint density at radius 2 is 1.88 bits per heavy atom. The van der Waals surface area contributed by atoms with Gasteiger partial charge in [-0.2, -0.15) is 0 Å². The third-order valence-corrected chi connectivity index (χ3v) is 5.07. The Bertz CT molecular complexity index is 429. The third kappa shape index (κ3) is 6.06. The molecule has 0 aliphatic carbocycles. The normalized spacial score (nSPS) is 29.2. The predicted octanol–water partition coefficient (Wildman–Crippen LogP) is 4.35. The zero-order valence-corrected chi connectivity index (χ0v) is 14.9. The average molecular weight is 336 g/mol. The Kier molecular flexibility index (Phi) is 8.54. The van der Waals surface area contributed by atoms with Crippen LogP contribution in [0.5, 0.6) is 0 Å². The van der Waals surface area contributed by atoms with Gasteiger partial charge in [0.15, 0.2) is 0 Å². The molecule has 4 atom stereocenters. The second kappa shape index (κ2) is 10.7. The number of hydrogen-bond donors (Lipinski definition) is 1. The monoisotopic (exact) mass is 336 g/mol. The van der Waals surface area contributed by atoms with E-state index in [2.05, 4.69) is 31.2 Å². The Balaban J connectivity index is 1.69. The van der Waals surface area contributed by atoms with E-state index in [1.54, 1.807) is 0 Å². The van der Waals surface area contributed by atoms with Crippen molar-refractivity contribution >= 4 is 5.97 Å². The molecule has 0 aromatic carbocycles. The number of carbonyl (C=O) groups is 1. The molecule has 0 radical (unpaired) electrons. The molecule has 1 N–H and O–H groups in total. The van der Waals surface area contributed by atoms with Crippen molar-refractivity contribution in [1.82, 2.24) is 0 Å². The predicted molar refractivity (Wildman–Crippen MR) is 95.0 cm³/mol. The highest BCUT2D eigenvalue weighted by Gasteiger charge is 2.47. The lowest BCUT2D eigenvalue weighted by molar-refractivity contribution is -0.137. The maximum atomic E-state index is 10.5. The van der Waals surface area contributed by atoms with Gasteiger partial charge >= 0.3 is 5.97 Å². The molecule has 0 amide bonds. The molecule has 0 spiro atoms. The molecule has 2 bridgehead atoms. The summed E-state index contributed by atoms with van der Waals surface area (Å²) >= 11 is 0. The summed E-state index contributed by atoms with van der Waals surface area (Å²) < 4.78 is 12.0. The van der Waals surface area contributed by atoms with Gasteiger partial charge < -0.3 is 14.6 Å². The van der Waals surface area contributed by atoms with E-state index in [-0.39, 0.29) is 6.42 Å². The van der Waals surface area contributed by atoms with Crippen molar-refractivity contribution in [3.63, 3.8) is 0 Å². The highest BCUT2D eigenvalue weighted by molar-refractivity contribution is 5.66. The minimum atomic E-state index is -0.713. The van der Waals surface area contributed by atoms with E-state index in [9.17, 15) is 4.79 Å². The van der Waals surface area contributed by atoms with Crippen molar-refractivity contribution in [2.24, 2.45) is 11.8 Å². The van der Waals surface area contributed by atoms with Crippen molar-refractivity contribution in [2.75, 3.05) is 13.2 Å².